The molecule has 0 spiro atoms. The number of halogens is 4. The molecule has 4 unspecified atom stereocenters. The minimum absolute atomic E-state index is 0.00275. The molecule has 10 atom stereocenters. The van der Waals surface area contributed by atoms with Gasteiger partial charge in [0, 0.05) is 82.6 Å². The van der Waals surface area contributed by atoms with Gasteiger partial charge in [0.1, 0.15) is 47.3 Å². The lowest BCUT2D eigenvalue weighted by molar-refractivity contribution is -0.411. The zero-order chi connectivity index (χ0) is 72.1. The summed E-state index contributed by atoms with van der Waals surface area (Å²) in [5.74, 6) is -2.58. The van der Waals surface area contributed by atoms with Crippen molar-refractivity contribution in [2.24, 2.45) is 11.5 Å². The van der Waals surface area contributed by atoms with Gasteiger partial charge in [-0.3, -0.25) is 28.8 Å². The second kappa shape index (κ2) is 33.0. The smallest absolute Gasteiger partial charge is 0.252 e. The molecule has 0 radical (unpaired) electrons. The van der Waals surface area contributed by atoms with Crippen LogP contribution in [-0.2, 0) is 87.6 Å². The minimum Gasteiger partial charge on any atom is -0.484 e. The number of unbranched alkanes of at least 4 members (excludes halogenated alkanes) is 6. The Morgan fingerprint density at radius 3 is 1.34 bits per heavy atom. The highest BCUT2D eigenvalue weighted by Crippen LogP contribution is 2.46. The van der Waals surface area contributed by atoms with E-state index >= 15 is 0 Å². The Labute approximate surface area is 616 Å². The molecule has 12 rings (SSSR count). The van der Waals surface area contributed by atoms with Crippen LogP contribution < -0.4 is 41.0 Å². The van der Waals surface area contributed by atoms with Crippen molar-refractivity contribution in [3.05, 3.63) is 139 Å². The van der Waals surface area contributed by atoms with E-state index in [1.807, 2.05) is 12.1 Å². The van der Waals surface area contributed by atoms with Crippen LogP contribution in [0.15, 0.2) is 95.0 Å². The van der Waals surface area contributed by atoms with E-state index in [2.05, 4.69) is 50.5 Å². The molecule has 6 aromatic rings. The van der Waals surface area contributed by atoms with Crippen molar-refractivity contribution in [1.82, 2.24) is 59.9 Å². The van der Waals surface area contributed by atoms with Crippen LogP contribution in [0.3, 0.4) is 0 Å². The first-order valence-electron chi connectivity index (χ1n) is 35.3. The van der Waals surface area contributed by atoms with E-state index in [0.717, 1.165) is 113 Å². The molecular formula is C70H92Cl4N14O12S2. The van der Waals surface area contributed by atoms with Crippen LogP contribution in [0.2, 0.25) is 20.1 Å². The molecule has 6 heterocycles. The number of amides is 2. The average molecular weight is 1530 g/mol. The number of nitrogens with one attached hydrogen (secondary N) is 4. The van der Waals surface area contributed by atoms with Gasteiger partial charge >= 0.3 is 0 Å². The van der Waals surface area contributed by atoms with Gasteiger partial charge in [0.05, 0.1) is 47.4 Å². The summed E-state index contributed by atoms with van der Waals surface area (Å²) in [7, 11) is -7.56. The van der Waals surface area contributed by atoms with Gasteiger partial charge in [0.15, 0.2) is 23.8 Å². The zero-order valence-electron chi connectivity index (χ0n) is 57.8. The van der Waals surface area contributed by atoms with Crippen molar-refractivity contribution >= 4 is 78.3 Å². The molecule has 4 fully saturated rings. The number of carbonyl (C=O) groups is 2. The van der Waals surface area contributed by atoms with Crippen LogP contribution in [0.4, 0.5) is 0 Å². The number of nitrogens with two attached hydrogens (primary N) is 2. The number of hydrogen-bond donors (Lipinski definition) is 6. The maximum absolute atomic E-state index is 14.0. The molecule has 2 amide bonds. The van der Waals surface area contributed by atoms with E-state index in [-0.39, 0.29) is 72.3 Å². The lowest BCUT2D eigenvalue weighted by atomic mass is 9.96. The number of aromatic nitrogens is 6. The van der Waals surface area contributed by atoms with E-state index in [4.69, 9.17) is 86.3 Å². The number of sulfonamides is 2. The Morgan fingerprint density at radius 1 is 0.559 bits per heavy atom. The largest absolute Gasteiger partial charge is 0.484 e. The third-order valence-electron chi connectivity index (χ3n) is 19.6. The van der Waals surface area contributed by atoms with Gasteiger partial charge in [-0.2, -0.15) is 0 Å². The summed E-state index contributed by atoms with van der Waals surface area (Å²) < 4.78 is 100. The van der Waals surface area contributed by atoms with Crippen LogP contribution in [0.1, 0.15) is 151 Å². The summed E-state index contributed by atoms with van der Waals surface area (Å²) in [5, 5.41) is 25.1. The standard InChI is InChI=1S/C70H92Cl4N14O12S2/c1-69(2)97-63-64(65(99-69)67(89)77-37-47-41-87(83-81-47)29-11-7-5-9-25-79-101(91,92)51-21-17-49(18-22-51)95-61-55-31-43(71)33-57(73)53(55)35-59(61)85-27-13-15-45(75)39-85)98-70(3,4)100-66(63)68(90)78-38-48-42-88(84-82-48)30-12-8-6-10-26-80-102(93,94)52-23-19-50(20-24-52)96-62-56-32-44(72)34-58(74)54(56)36-60(62)86-28-14-16-46(76)40-86/h17-24,31-34,41-42,45-46,59-66,79-80H,5-16,25-30,35-40,75-76H2,1-4H3,(H,77,89)(H,78,90)/t45-,46-,59+,60+,61+,62+,63?,64?,65?,66?/m1/s1. The van der Waals surface area contributed by atoms with Crippen LogP contribution in [0.25, 0.3) is 0 Å². The summed E-state index contributed by atoms with van der Waals surface area (Å²) in [5.41, 5.74) is 17.6. The van der Waals surface area contributed by atoms with Crippen molar-refractivity contribution in [2.75, 3.05) is 39.3 Å². The van der Waals surface area contributed by atoms with Crippen molar-refractivity contribution < 1.29 is 54.8 Å². The number of likely N-dealkylation sites (tertiary alicyclic amines) is 2. The highest BCUT2D eigenvalue weighted by Gasteiger charge is 2.58. The van der Waals surface area contributed by atoms with E-state index in [0.29, 0.717) is 81.8 Å². The molecule has 4 aromatic carbocycles. The van der Waals surface area contributed by atoms with Crippen molar-refractivity contribution in [2.45, 2.75) is 226 Å². The molecule has 2 aliphatic carbocycles. The zero-order valence-corrected chi connectivity index (χ0v) is 62.4. The second-order valence-electron chi connectivity index (χ2n) is 28.3. The quantitative estimate of drug-likeness (QED) is 0.0230. The number of rotatable bonds is 30. The van der Waals surface area contributed by atoms with Gasteiger partial charge in [-0.25, -0.2) is 26.3 Å². The lowest BCUT2D eigenvalue weighted by Crippen LogP contribution is -2.70. The minimum atomic E-state index is -3.78. The first-order valence-corrected chi connectivity index (χ1v) is 39.7. The lowest BCUT2D eigenvalue weighted by Gasteiger charge is -2.52. The summed E-state index contributed by atoms with van der Waals surface area (Å²) in [4.78, 5) is 33.0. The predicted molar refractivity (Wildman–Crippen MR) is 384 cm³/mol. The van der Waals surface area contributed by atoms with Gasteiger partial charge in [0.25, 0.3) is 11.8 Å². The van der Waals surface area contributed by atoms with E-state index < -0.39 is 67.9 Å². The fourth-order valence-corrected chi connectivity index (χ4v) is 18.0. The number of aryl methyl sites for hydroxylation is 2. The fourth-order valence-electron chi connectivity index (χ4n) is 14.7. The first kappa shape index (κ1) is 76.0. The molecule has 8 N–H and O–H groups in total. The molecule has 0 bridgehead atoms. The average Bonchev–Trinajstić information content (AvgIpc) is 0.895. The number of benzene rings is 4. The Hall–Kier alpha value is -5.64. The Balaban J connectivity index is 0.535. The molecule has 26 nitrogen and oxygen atoms in total. The number of hydrogen-bond acceptors (Lipinski definition) is 20. The van der Waals surface area contributed by atoms with Crippen molar-refractivity contribution in [1.29, 1.82) is 0 Å². The number of piperidine rings is 2. The van der Waals surface area contributed by atoms with Crippen molar-refractivity contribution in [3.8, 4) is 11.5 Å². The highest BCUT2D eigenvalue weighted by atomic mass is 35.5. The Kier molecular flexibility index (Phi) is 24.6. The summed E-state index contributed by atoms with van der Waals surface area (Å²) in [6.45, 7) is 11.6. The van der Waals surface area contributed by atoms with Crippen LogP contribution in [0, 0.1) is 0 Å². The Morgan fingerprint density at radius 2 is 0.951 bits per heavy atom. The first-order chi connectivity index (χ1) is 48.7. The summed E-state index contributed by atoms with van der Waals surface area (Å²) >= 11 is 26.3. The van der Waals surface area contributed by atoms with Gasteiger partial charge < -0.3 is 50.5 Å². The maximum Gasteiger partial charge on any atom is 0.252 e. The molecular weight excluding hydrogens is 1430 g/mol. The Bertz CT molecular complexity index is 3880. The summed E-state index contributed by atoms with van der Waals surface area (Å²) in [6.07, 6.45) is 9.58. The molecule has 4 aliphatic heterocycles. The molecule has 0 saturated carbocycles. The predicted octanol–water partition coefficient (Wildman–Crippen LogP) is 8.47. The molecule has 32 heteroatoms. The third-order valence-corrected chi connectivity index (χ3v) is 23.7. The van der Waals surface area contributed by atoms with Gasteiger partial charge in [-0.05, 0) is 189 Å². The second-order valence-corrected chi connectivity index (χ2v) is 33.5. The van der Waals surface area contributed by atoms with Gasteiger partial charge in [0.2, 0.25) is 20.0 Å². The van der Waals surface area contributed by atoms with Crippen LogP contribution in [0.5, 0.6) is 11.5 Å². The topological polar surface area (TPSA) is 326 Å². The van der Waals surface area contributed by atoms with Crippen LogP contribution >= 0.6 is 46.4 Å². The molecule has 102 heavy (non-hydrogen) atoms. The third kappa shape index (κ3) is 18.9. The van der Waals surface area contributed by atoms with E-state index in [9.17, 15) is 26.4 Å². The maximum atomic E-state index is 14.0. The monoisotopic (exact) mass is 1520 g/mol. The molecule has 4 saturated heterocycles. The SMILES string of the molecule is CC1(C)OC(C(=O)NCc2cn(CCCCCCNS(=O)(=O)c3ccc(O[C@H]4c5cc(Cl)cc(Cl)c5C[C@@H]4N4CCC[C@@H](N)C4)cc3)nn2)C2OC(C)(C)OC(C(=O)NCc3cn(CCCCCCNS(=O)(=O)c4ccc(O[C@H]5c6cc(Cl)cc(Cl)c6C[C@@H]5N5CCC[C@@H](N)C5)cc4)nn3)C2O1. The van der Waals surface area contributed by atoms with E-state index in [1.54, 1.807) is 110 Å². The van der Waals surface area contributed by atoms with Crippen LogP contribution in [-0.4, -0.2) is 168 Å². The number of ether oxygens (including phenoxy) is 6. The highest BCUT2D eigenvalue weighted by molar-refractivity contribution is 7.89. The molecule has 2 aromatic heterocycles. The molecule has 6 aliphatic rings. The number of nitrogens with zero attached hydrogens (tertiary/aromatic N) is 8. The van der Waals surface area contributed by atoms with E-state index in [1.165, 1.54) is 0 Å². The van der Waals surface area contributed by atoms with Crippen molar-refractivity contribution in [3.63, 3.8) is 0 Å². The van der Waals surface area contributed by atoms with Gasteiger partial charge in [-0.15, -0.1) is 10.2 Å². The van der Waals surface area contributed by atoms with Gasteiger partial charge in [-0.1, -0.05) is 82.5 Å². The normalized spacial score (nSPS) is 25.0. The molecule has 554 valence electrons. The summed E-state index contributed by atoms with van der Waals surface area (Å²) in [6, 6.07) is 20.4. The fraction of sp³-hybridized carbons (Fsp3) is 0.571. The number of fused-ring (bicyclic) bond motifs is 3. The number of carbonyl (C=O) groups excluding carboxylic acids is 2.